The third kappa shape index (κ3) is 4.76. The monoisotopic (exact) mass is 545 g/mol. The number of nitrogens with zero attached hydrogens (tertiary/aromatic N) is 1. The number of para-hydroxylation sites is 1. The van der Waals surface area contributed by atoms with Crippen LogP contribution in [-0.2, 0) is 21.7 Å². The third-order valence-electron chi connectivity index (χ3n) is 8.03. The Morgan fingerprint density at radius 2 is 1.74 bits per heavy atom. The van der Waals surface area contributed by atoms with Crippen LogP contribution in [0.25, 0.3) is 0 Å². The lowest BCUT2D eigenvalue weighted by molar-refractivity contribution is -0.146. The van der Waals surface area contributed by atoms with Gasteiger partial charge in [0.05, 0.1) is 18.3 Å². The molecule has 1 saturated heterocycles. The number of carbonyl (C=O) groups is 2. The van der Waals surface area contributed by atoms with Gasteiger partial charge in [-0.1, -0.05) is 37.3 Å². The van der Waals surface area contributed by atoms with Crippen LogP contribution in [-0.4, -0.2) is 42.7 Å². The molecule has 1 spiro atoms. The number of aliphatic hydroxyl groups is 1. The van der Waals surface area contributed by atoms with E-state index in [4.69, 9.17) is 10.5 Å². The van der Waals surface area contributed by atoms with E-state index in [1.165, 1.54) is 0 Å². The van der Waals surface area contributed by atoms with Crippen LogP contribution in [0.5, 0.6) is 0 Å². The van der Waals surface area contributed by atoms with E-state index >= 15 is 0 Å². The van der Waals surface area contributed by atoms with Gasteiger partial charge in [-0.25, -0.2) is 0 Å². The van der Waals surface area contributed by atoms with Crippen LogP contribution in [0.3, 0.4) is 0 Å². The Labute approximate surface area is 229 Å². The smallest absolute Gasteiger partial charge is 0.264 e. The van der Waals surface area contributed by atoms with Gasteiger partial charge in [0.25, 0.3) is 11.8 Å². The van der Waals surface area contributed by atoms with Gasteiger partial charge in [0, 0.05) is 40.6 Å². The molecule has 3 aromatic carbocycles. The fraction of sp³-hybridized carbons (Fsp3) is 0.333. The van der Waals surface area contributed by atoms with Gasteiger partial charge in [-0.15, -0.1) is 0 Å². The van der Waals surface area contributed by atoms with E-state index in [1.54, 1.807) is 29.2 Å². The summed E-state index contributed by atoms with van der Waals surface area (Å²) in [4.78, 5) is 39.7. The average molecular weight is 546 g/mol. The van der Waals surface area contributed by atoms with E-state index in [0.29, 0.717) is 29.9 Å². The van der Waals surface area contributed by atoms with Gasteiger partial charge in [0.2, 0.25) is 0 Å². The molecule has 2 aliphatic rings. The van der Waals surface area contributed by atoms with E-state index in [-0.39, 0.29) is 29.9 Å². The standard InChI is InChI=1S/C30H35N3O5Si/c1-19-27(39(2,3)37)26(16-17-34)38-30(19)24-6-4-5-7-25(24)33(29(30)36)18-20-8-14-23(15-9-20)32-28(35)21-10-12-22(31)13-11-21/h4-15,19,26-27,34,37H,16-18,31H2,1-3H3,(H,32,35)/t19-,26+,27-,30+/m0/s1. The molecule has 5 rings (SSSR count). The summed E-state index contributed by atoms with van der Waals surface area (Å²) in [6.07, 6.45) is -0.0372. The molecular weight excluding hydrogens is 510 g/mol. The maximum absolute atomic E-state index is 14.2. The number of hydrogen-bond acceptors (Lipinski definition) is 6. The summed E-state index contributed by atoms with van der Waals surface area (Å²) >= 11 is 0. The second-order valence-electron chi connectivity index (χ2n) is 11.1. The Morgan fingerprint density at radius 3 is 2.38 bits per heavy atom. The lowest BCUT2D eigenvalue weighted by Crippen LogP contribution is -2.46. The molecule has 2 heterocycles. The van der Waals surface area contributed by atoms with Crippen molar-refractivity contribution in [2.75, 3.05) is 22.6 Å². The zero-order valence-corrected chi connectivity index (χ0v) is 23.4. The molecule has 0 unspecified atom stereocenters. The molecule has 9 heteroatoms. The predicted octanol–water partition coefficient (Wildman–Crippen LogP) is 4.25. The van der Waals surface area contributed by atoms with Crippen LogP contribution < -0.4 is 16.0 Å². The molecule has 0 bridgehead atoms. The predicted molar refractivity (Wildman–Crippen MR) is 154 cm³/mol. The fourth-order valence-corrected chi connectivity index (χ4v) is 8.90. The second-order valence-corrected chi connectivity index (χ2v) is 15.0. The van der Waals surface area contributed by atoms with Crippen LogP contribution in [0.15, 0.2) is 72.8 Å². The second kappa shape index (κ2) is 10.2. The van der Waals surface area contributed by atoms with E-state index < -0.39 is 20.0 Å². The van der Waals surface area contributed by atoms with Gasteiger partial charge in [0.1, 0.15) is 0 Å². The van der Waals surface area contributed by atoms with Gasteiger partial charge >= 0.3 is 0 Å². The molecule has 0 aromatic heterocycles. The maximum atomic E-state index is 14.2. The molecule has 39 heavy (non-hydrogen) atoms. The number of carbonyl (C=O) groups excluding carboxylic acids is 2. The number of ether oxygens (including phenoxy) is 1. The Balaban J connectivity index is 1.39. The molecule has 8 nitrogen and oxygen atoms in total. The van der Waals surface area contributed by atoms with Crippen molar-refractivity contribution in [3.8, 4) is 0 Å². The number of hydrogen-bond donors (Lipinski definition) is 4. The zero-order valence-electron chi connectivity index (χ0n) is 22.4. The lowest BCUT2D eigenvalue weighted by Gasteiger charge is -2.32. The highest BCUT2D eigenvalue weighted by atomic mass is 28.4. The summed E-state index contributed by atoms with van der Waals surface area (Å²) in [5, 5.41) is 12.6. The molecule has 1 fully saturated rings. The van der Waals surface area contributed by atoms with Gasteiger partial charge in [-0.05, 0) is 67.5 Å². The summed E-state index contributed by atoms with van der Waals surface area (Å²) in [5.41, 5.74) is 8.53. The average Bonchev–Trinajstić information content (AvgIpc) is 3.32. The largest absolute Gasteiger partial charge is 0.432 e. The van der Waals surface area contributed by atoms with Gasteiger partial charge in [0.15, 0.2) is 13.9 Å². The van der Waals surface area contributed by atoms with Gasteiger partial charge in [-0.3, -0.25) is 9.59 Å². The SMILES string of the molecule is C[C@H]1[C@H]([Si](C)(C)O)[C@@H](CCO)O[C@]12C(=O)N(Cc1ccc(NC(=O)c3ccc(N)cc3)cc1)c1ccccc12. The molecule has 4 atom stereocenters. The van der Waals surface area contributed by atoms with Crippen molar-refractivity contribution in [3.05, 3.63) is 89.5 Å². The number of nitrogens with one attached hydrogen (secondary N) is 1. The number of rotatable bonds is 7. The van der Waals surface area contributed by atoms with Crippen LogP contribution >= 0.6 is 0 Å². The van der Waals surface area contributed by atoms with E-state index in [9.17, 15) is 19.5 Å². The van der Waals surface area contributed by atoms with Crippen molar-refractivity contribution in [2.45, 2.75) is 50.2 Å². The highest BCUT2D eigenvalue weighted by Gasteiger charge is 2.65. The first-order chi connectivity index (χ1) is 18.6. The normalized spacial score (nSPS) is 24.3. The minimum absolute atomic E-state index is 0.0742. The Hall–Kier alpha value is -3.50. The van der Waals surface area contributed by atoms with Crippen molar-refractivity contribution in [3.63, 3.8) is 0 Å². The number of nitrogens with two attached hydrogens (primary N) is 1. The molecule has 0 radical (unpaired) electrons. The van der Waals surface area contributed by atoms with Crippen molar-refractivity contribution in [2.24, 2.45) is 5.92 Å². The molecule has 5 N–H and O–H groups in total. The molecule has 3 aromatic rings. The first-order valence-corrected chi connectivity index (χ1v) is 16.3. The highest BCUT2D eigenvalue weighted by molar-refractivity contribution is 6.71. The van der Waals surface area contributed by atoms with E-state index in [1.807, 2.05) is 68.5 Å². The fourth-order valence-electron chi connectivity index (χ4n) is 6.30. The van der Waals surface area contributed by atoms with Gasteiger partial charge < -0.3 is 30.6 Å². The summed E-state index contributed by atoms with van der Waals surface area (Å²) < 4.78 is 6.59. The molecule has 2 aliphatic heterocycles. The van der Waals surface area contributed by atoms with Crippen LogP contribution in [0.1, 0.15) is 34.8 Å². The minimum atomic E-state index is -2.72. The Bertz CT molecular complexity index is 1370. The van der Waals surface area contributed by atoms with Crippen LogP contribution in [0.4, 0.5) is 17.1 Å². The van der Waals surface area contributed by atoms with Crippen molar-refractivity contribution in [1.29, 1.82) is 0 Å². The van der Waals surface area contributed by atoms with Crippen LogP contribution in [0.2, 0.25) is 18.6 Å². The molecule has 2 amide bonds. The quantitative estimate of drug-likeness (QED) is 0.260. The summed E-state index contributed by atoms with van der Waals surface area (Å²) in [6.45, 7) is 5.99. The first-order valence-electron chi connectivity index (χ1n) is 13.2. The highest BCUT2D eigenvalue weighted by Crippen LogP contribution is 2.59. The summed E-state index contributed by atoms with van der Waals surface area (Å²) in [6, 6.07) is 21.8. The maximum Gasteiger partial charge on any atom is 0.264 e. The topological polar surface area (TPSA) is 125 Å². The minimum Gasteiger partial charge on any atom is -0.432 e. The molecule has 0 saturated carbocycles. The van der Waals surface area contributed by atoms with Gasteiger partial charge in [-0.2, -0.15) is 0 Å². The zero-order chi connectivity index (χ0) is 27.9. The van der Waals surface area contributed by atoms with Crippen LogP contribution in [0, 0.1) is 5.92 Å². The molecular formula is C30H35N3O5Si. The molecule has 0 aliphatic carbocycles. The summed E-state index contributed by atoms with van der Waals surface area (Å²) in [5.74, 6) is -0.644. The number of fused-ring (bicyclic) bond motifs is 2. The third-order valence-corrected chi connectivity index (χ3v) is 10.5. The number of benzene rings is 3. The molecule has 204 valence electrons. The Kier molecular flexibility index (Phi) is 7.11. The van der Waals surface area contributed by atoms with Crippen molar-refractivity contribution >= 4 is 37.2 Å². The number of amides is 2. The summed E-state index contributed by atoms with van der Waals surface area (Å²) in [7, 11) is -2.72. The lowest BCUT2D eigenvalue weighted by atomic mass is 9.82. The first kappa shape index (κ1) is 27.1. The van der Waals surface area contributed by atoms with Crippen molar-refractivity contribution < 1.29 is 24.2 Å². The number of aliphatic hydroxyl groups excluding tert-OH is 1. The van der Waals surface area contributed by atoms with Crippen molar-refractivity contribution in [1.82, 2.24) is 0 Å². The number of nitrogen functional groups attached to an aromatic ring is 1. The van der Waals surface area contributed by atoms with E-state index in [0.717, 1.165) is 16.8 Å². The number of anilines is 3. The van der Waals surface area contributed by atoms with E-state index in [2.05, 4.69) is 5.32 Å². The Morgan fingerprint density at radius 1 is 1.08 bits per heavy atom.